The Morgan fingerprint density at radius 1 is 0.407 bits per heavy atom. The number of nitrogens with zero attached hydrogens (tertiary/aromatic N) is 1. The lowest BCUT2D eigenvalue weighted by Gasteiger charge is -2.22. The molecular weight excluding hydrogens is 330 g/mol. The molecule has 2 heteroatoms. The zero-order valence-corrected chi connectivity index (χ0v) is 19.2. The second-order valence-corrected chi connectivity index (χ2v) is 8.58. The molecule has 27 heavy (non-hydrogen) atoms. The summed E-state index contributed by atoms with van der Waals surface area (Å²) in [6.45, 7) is 8.78. The van der Waals surface area contributed by atoms with Gasteiger partial charge in [-0.15, -0.1) is 0 Å². The highest BCUT2D eigenvalue weighted by Gasteiger charge is 2.05. The zero-order valence-electron chi connectivity index (χ0n) is 19.2. The van der Waals surface area contributed by atoms with Crippen LogP contribution in [0.2, 0.25) is 0 Å². The lowest BCUT2D eigenvalue weighted by atomic mass is 10.1. The summed E-state index contributed by atoms with van der Waals surface area (Å²) in [4.78, 5) is 2.71. The van der Waals surface area contributed by atoms with E-state index in [0.717, 1.165) is 6.42 Å². The first kappa shape index (κ1) is 26.9. The van der Waals surface area contributed by atoms with E-state index in [-0.39, 0.29) is 0 Å². The van der Waals surface area contributed by atoms with Gasteiger partial charge in [-0.25, -0.2) is 0 Å². The minimum absolute atomic E-state index is 0.357. The molecule has 0 saturated heterocycles. The van der Waals surface area contributed by atoms with Crippen molar-refractivity contribution in [3.8, 4) is 0 Å². The van der Waals surface area contributed by atoms with Crippen molar-refractivity contribution in [3.63, 3.8) is 0 Å². The van der Waals surface area contributed by atoms with Gasteiger partial charge in [-0.3, -0.25) is 0 Å². The first-order valence-electron chi connectivity index (χ1n) is 12.7. The Hall–Kier alpha value is -0.0800. The molecular formula is C25H53NO. The quantitative estimate of drug-likeness (QED) is 0.182. The number of rotatable bonds is 23. The Morgan fingerprint density at radius 2 is 0.704 bits per heavy atom. The molecule has 0 aromatic rings. The maximum absolute atomic E-state index is 8.97. The van der Waals surface area contributed by atoms with Crippen LogP contribution in [-0.4, -0.2) is 36.2 Å². The van der Waals surface area contributed by atoms with Crippen molar-refractivity contribution < 1.29 is 5.11 Å². The van der Waals surface area contributed by atoms with E-state index >= 15 is 0 Å². The van der Waals surface area contributed by atoms with Crippen molar-refractivity contribution in [2.45, 2.75) is 136 Å². The van der Waals surface area contributed by atoms with Crippen LogP contribution in [0.25, 0.3) is 0 Å². The molecule has 0 aromatic carbocycles. The fourth-order valence-corrected chi connectivity index (χ4v) is 3.90. The standard InChI is InChI=1S/C25H53NO/c1-3-5-7-9-11-13-15-18-22-26(24-20-17-21-25-27)23-19-16-14-12-10-8-6-4-2/h27H,3-25H2,1-2H3. The van der Waals surface area contributed by atoms with E-state index in [1.807, 2.05) is 0 Å². The smallest absolute Gasteiger partial charge is 0.0431 e. The number of aliphatic hydroxyl groups excluding tert-OH is 1. The van der Waals surface area contributed by atoms with Gasteiger partial charge in [0.25, 0.3) is 0 Å². The molecule has 1 N–H and O–H groups in total. The third-order valence-electron chi connectivity index (χ3n) is 5.79. The Kier molecular flexibility index (Phi) is 23.9. The van der Waals surface area contributed by atoms with Crippen LogP contribution in [-0.2, 0) is 0 Å². The summed E-state index contributed by atoms with van der Waals surface area (Å²) in [5, 5.41) is 8.97. The molecule has 0 radical (unpaired) electrons. The highest BCUT2D eigenvalue weighted by atomic mass is 16.2. The van der Waals surface area contributed by atoms with Crippen molar-refractivity contribution in [1.29, 1.82) is 0 Å². The van der Waals surface area contributed by atoms with Crippen LogP contribution in [0.4, 0.5) is 0 Å². The number of hydrogen-bond donors (Lipinski definition) is 1. The van der Waals surface area contributed by atoms with Crippen LogP contribution in [0.5, 0.6) is 0 Å². The van der Waals surface area contributed by atoms with Gasteiger partial charge >= 0.3 is 0 Å². The molecule has 0 fully saturated rings. The van der Waals surface area contributed by atoms with Gasteiger partial charge in [-0.2, -0.15) is 0 Å². The molecule has 0 unspecified atom stereocenters. The van der Waals surface area contributed by atoms with Gasteiger partial charge in [0.15, 0.2) is 0 Å². The van der Waals surface area contributed by atoms with Crippen molar-refractivity contribution >= 4 is 0 Å². The minimum Gasteiger partial charge on any atom is -0.396 e. The van der Waals surface area contributed by atoms with Crippen molar-refractivity contribution in [2.24, 2.45) is 0 Å². The molecule has 0 rings (SSSR count). The van der Waals surface area contributed by atoms with E-state index in [9.17, 15) is 0 Å². The SMILES string of the molecule is CCCCCCCCCCN(CCCCCO)CCCCCCCCCC. The average molecular weight is 384 g/mol. The summed E-state index contributed by atoms with van der Waals surface area (Å²) in [7, 11) is 0. The molecule has 2 nitrogen and oxygen atoms in total. The Morgan fingerprint density at radius 3 is 1.04 bits per heavy atom. The molecule has 0 aromatic heterocycles. The Balaban J connectivity index is 3.70. The fourth-order valence-electron chi connectivity index (χ4n) is 3.90. The zero-order chi connectivity index (χ0) is 19.8. The lowest BCUT2D eigenvalue weighted by Crippen LogP contribution is -2.27. The molecule has 0 saturated carbocycles. The van der Waals surface area contributed by atoms with Crippen molar-refractivity contribution in [2.75, 3.05) is 26.2 Å². The van der Waals surface area contributed by atoms with E-state index in [1.165, 1.54) is 135 Å². The third-order valence-corrected chi connectivity index (χ3v) is 5.79. The van der Waals surface area contributed by atoms with E-state index in [4.69, 9.17) is 5.11 Å². The molecule has 0 aliphatic heterocycles. The van der Waals surface area contributed by atoms with Crippen LogP contribution in [0.3, 0.4) is 0 Å². The van der Waals surface area contributed by atoms with E-state index < -0.39 is 0 Å². The second kappa shape index (κ2) is 24.0. The predicted molar refractivity (Wildman–Crippen MR) is 123 cm³/mol. The maximum Gasteiger partial charge on any atom is 0.0431 e. The highest BCUT2D eigenvalue weighted by Crippen LogP contribution is 2.12. The second-order valence-electron chi connectivity index (χ2n) is 8.58. The normalized spacial score (nSPS) is 11.6. The monoisotopic (exact) mass is 383 g/mol. The van der Waals surface area contributed by atoms with Gasteiger partial charge in [0.2, 0.25) is 0 Å². The van der Waals surface area contributed by atoms with Crippen LogP contribution < -0.4 is 0 Å². The number of unbranched alkanes of at least 4 members (excludes halogenated alkanes) is 16. The van der Waals surface area contributed by atoms with E-state index in [1.54, 1.807) is 0 Å². The molecule has 0 atom stereocenters. The number of hydrogen-bond acceptors (Lipinski definition) is 2. The van der Waals surface area contributed by atoms with Crippen molar-refractivity contribution in [3.05, 3.63) is 0 Å². The topological polar surface area (TPSA) is 23.5 Å². The number of aliphatic hydroxyl groups is 1. The predicted octanol–water partition coefficient (Wildman–Crippen LogP) is 7.73. The van der Waals surface area contributed by atoms with E-state index in [2.05, 4.69) is 18.7 Å². The Bertz CT molecular complexity index is 237. The molecule has 164 valence electrons. The maximum atomic E-state index is 8.97. The summed E-state index contributed by atoms with van der Waals surface area (Å²) in [6.07, 6.45) is 26.0. The van der Waals surface area contributed by atoms with Gasteiger partial charge in [0.1, 0.15) is 0 Å². The van der Waals surface area contributed by atoms with Crippen LogP contribution >= 0.6 is 0 Å². The van der Waals surface area contributed by atoms with Gasteiger partial charge in [-0.05, 0) is 51.7 Å². The molecule has 0 heterocycles. The van der Waals surface area contributed by atoms with Crippen LogP contribution in [0, 0.1) is 0 Å². The molecule has 0 aliphatic carbocycles. The third kappa shape index (κ3) is 22.1. The van der Waals surface area contributed by atoms with Crippen molar-refractivity contribution in [1.82, 2.24) is 4.90 Å². The minimum atomic E-state index is 0.357. The summed E-state index contributed by atoms with van der Waals surface area (Å²) in [6, 6.07) is 0. The molecule has 0 bridgehead atoms. The van der Waals surface area contributed by atoms with Crippen LogP contribution in [0.1, 0.15) is 136 Å². The molecule has 0 amide bonds. The van der Waals surface area contributed by atoms with Gasteiger partial charge in [0, 0.05) is 6.61 Å². The summed E-state index contributed by atoms with van der Waals surface area (Å²) in [5.74, 6) is 0. The highest BCUT2D eigenvalue weighted by molar-refractivity contribution is 4.60. The fraction of sp³-hybridized carbons (Fsp3) is 1.00. The Labute approximate surface area is 172 Å². The largest absolute Gasteiger partial charge is 0.396 e. The van der Waals surface area contributed by atoms with Gasteiger partial charge < -0.3 is 10.0 Å². The molecule has 0 spiro atoms. The lowest BCUT2D eigenvalue weighted by molar-refractivity contribution is 0.244. The average Bonchev–Trinajstić information content (AvgIpc) is 2.68. The summed E-state index contributed by atoms with van der Waals surface area (Å²) in [5.41, 5.74) is 0. The van der Waals surface area contributed by atoms with Gasteiger partial charge in [0.05, 0.1) is 0 Å². The molecule has 0 aliphatic rings. The van der Waals surface area contributed by atoms with Gasteiger partial charge in [-0.1, -0.05) is 104 Å². The first-order chi connectivity index (χ1) is 13.3. The van der Waals surface area contributed by atoms with Crippen LogP contribution in [0.15, 0.2) is 0 Å². The van der Waals surface area contributed by atoms with E-state index in [0.29, 0.717) is 6.61 Å². The summed E-state index contributed by atoms with van der Waals surface area (Å²) >= 11 is 0. The summed E-state index contributed by atoms with van der Waals surface area (Å²) < 4.78 is 0. The first-order valence-corrected chi connectivity index (χ1v) is 12.7.